The molecule has 86 valence electrons. The molecule has 0 spiro atoms. The number of aliphatic hydroxyl groups excluding tert-OH is 1. The topological polar surface area (TPSA) is 29.5 Å². The molecular formula is C14H12O2S. The zero-order valence-electron chi connectivity index (χ0n) is 9.22. The second kappa shape index (κ2) is 4.43. The van der Waals surface area contributed by atoms with Crippen LogP contribution in [0.15, 0.2) is 52.3 Å². The van der Waals surface area contributed by atoms with Crippen LogP contribution >= 0.6 is 11.8 Å². The lowest BCUT2D eigenvalue weighted by Crippen LogP contribution is -2.00. The molecule has 2 aromatic rings. The molecule has 2 nitrogen and oxygen atoms in total. The average Bonchev–Trinajstić information content (AvgIpc) is 2.37. The van der Waals surface area contributed by atoms with Gasteiger partial charge in [-0.05, 0) is 30.2 Å². The van der Waals surface area contributed by atoms with Crippen LogP contribution in [-0.2, 0) is 6.42 Å². The van der Waals surface area contributed by atoms with Gasteiger partial charge in [-0.15, -0.1) is 0 Å². The van der Waals surface area contributed by atoms with E-state index in [4.69, 9.17) is 9.84 Å². The van der Waals surface area contributed by atoms with Crippen molar-refractivity contribution in [2.75, 3.05) is 6.61 Å². The third kappa shape index (κ3) is 1.92. The van der Waals surface area contributed by atoms with E-state index in [1.807, 2.05) is 36.4 Å². The maximum absolute atomic E-state index is 9.07. The molecule has 0 unspecified atom stereocenters. The Kier molecular flexibility index (Phi) is 2.79. The highest BCUT2D eigenvalue weighted by atomic mass is 32.2. The predicted octanol–water partition coefficient (Wildman–Crippen LogP) is 3.48. The quantitative estimate of drug-likeness (QED) is 0.748. The lowest BCUT2D eigenvalue weighted by atomic mass is 10.1. The number of hydrogen-bond donors (Lipinski definition) is 1. The van der Waals surface area contributed by atoms with Crippen molar-refractivity contribution in [2.45, 2.75) is 16.2 Å². The van der Waals surface area contributed by atoms with Crippen LogP contribution in [0.4, 0.5) is 0 Å². The lowest BCUT2D eigenvalue weighted by molar-refractivity contribution is 0.298. The lowest BCUT2D eigenvalue weighted by Gasteiger charge is -2.21. The van der Waals surface area contributed by atoms with Crippen molar-refractivity contribution in [3.05, 3.63) is 48.0 Å². The molecule has 0 bridgehead atoms. The summed E-state index contributed by atoms with van der Waals surface area (Å²) in [4.78, 5) is 2.26. The number of fused-ring (bicyclic) bond motifs is 2. The van der Waals surface area contributed by atoms with Crippen LogP contribution in [0.25, 0.3) is 0 Å². The molecule has 2 aromatic carbocycles. The average molecular weight is 244 g/mol. The fourth-order valence-corrected chi connectivity index (χ4v) is 3.01. The molecule has 0 radical (unpaired) electrons. The molecule has 3 heteroatoms. The first-order chi connectivity index (χ1) is 8.38. The summed E-state index contributed by atoms with van der Waals surface area (Å²) in [7, 11) is 0. The van der Waals surface area contributed by atoms with Crippen molar-refractivity contribution in [1.29, 1.82) is 0 Å². The van der Waals surface area contributed by atoms with Gasteiger partial charge in [0.25, 0.3) is 0 Å². The Morgan fingerprint density at radius 3 is 2.71 bits per heavy atom. The summed E-state index contributed by atoms with van der Waals surface area (Å²) in [5, 5.41) is 9.07. The maximum Gasteiger partial charge on any atom is 0.141 e. The van der Waals surface area contributed by atoms with Crippen LogP contribution in [0.1, 0.15) is 5.56 Å². The molecule has 0 aromatic heterocycles. The zero-order valence-corrected chi connectivity index (χ0v) is 10.0. The molecule has 0 saturated heterocycles. The molecule has 3 rings (SSSR count). The molecular weight excluding hydrogens is 232 g/mol. The predicted molar refractivity (Wildman–Crippen MR) is 67.9 cm³/mol. The number of benzene rings is 2. The van der Waals surface area contributed by atoms with E-state index >= 15 is 0 Å². The van der Waals surface area contributed by atoms with Gasteiger partial charge in [-0.2, -0.15) is 0 Å². The van der Waals surface area contributed by atoms with Crippen LogP contribution in [0.5, 0.6) is 11.5 Å². The first-order valence-corrected chi connectivity index (χ1v) is 6.37. The minimum absolute atomic E-state index is 0.165. The van der Waals surface area contributed by atoms with Crippen LogP contribution in [0, 0.1) is 0 Å². The van der Waals surface area contributed by atoms with Gasteiger partial charge in [0.2, 0.25) is 0 Å². The van der Waals surface area contributed by atoms with Gasteiger partial charge in [0.05, 0.1) is 9.79 Å². The van der Waals surface area contributed by atoms with Crippen LogP contribution in [-0.4, -0.2) is 11.7 Å². The van der Waals surface area contributed by atoms with Crippen LogP contribution in [0.3, 0.4) is 0 Å². The van der Waals surface area contributed by atoms with Crippen molar-refractivity contribution >= 4 is 11.8 Å². The highest BCUT2D eigenvalue weighted by Gasteiger charge is 2.19. The van der Waals surface area contributed by atoms with Gasteiger partial charge in [0.15, 0.2) is 0 Å². The number of para-hydroxylation sites is 1. The van der Waals surface area contributed by atoms with Gasteiger partial charge in [-0.1, -0.05) is 36.0 Å². The first kappa shape index (κ1) is 10.7. The highest BCUT2D eigenvalue weighted by Crippen LogP contribution is 2.48. The van der Waals surface area contributed by atoms with Gasteiger partial charge in [-0.25, -0.2) is 0 Å². The normalized spacial score (nSPS) is 12.5. The van der Waals surface area contributed by atoms with Crippen molar-refractivity contribution in [1.82, 2.24) is 0 Å². The zero-order chi connectivity index (χ0) is 11.7. The van der Waals surface area contributed by atoms with E-state index in [1.165, 1.54) is 0 Å². The van der Waals surface area contributed by atoms with Crippen molar-refractivity contribution in [3.8, 4) is 11.5 Å². The van der Waals surface area contributed by atoms with Gasteiger partial charge < -0.3 is 9.84 Å². The minimum Gasteiger partial charge on any atom is -0.455 e. The molecule has 0 saturated carbocycles. The fraction of sp³-hybridized carbons (Fsp3) is 0.143. The summed E-state index contributed by atoms with van der Waals surface area (Å²) in [6, 6.07) is 14.0. The molecule has 0 aliphatic carbocycles. The summed E-state index contributed by atoms with van der Waals surface area (Å²) < 4.78 is 5.86. The van der Waals surface area contributed by atoms with Crippen molar-refractivity contribution < 1.29 is 9.84 Å². The van der Waals surface area contributed by atoms with Crippen LogP contribution in [0.2, 0.25) is 0 Å². The Morgan fingerprint density at radius 2 is 1.82 bits per heavy atom. The molecule has 0 amide bonds. The van der Waals surface area contributed by atoms with E-state index in [9.17, 15) is 0 Å². The van der Waals surface area contributed by atoms with Gasteiger partial charge in [0, 0.05) is 6.61 Å². The van der Waals surface area contributed by atoms with Crippen molar-refractivity contribution in [3.63, 3.8) is 0 Å². The van der Waals surface area contributed by atoms with E-state index in [0.717, 1.165) is 26.9 Å². The van der Waals surface area contributed by atoms with E-state index < -0.39 is 0 Å². The summed E-state index contributed by atoms with van der Waals surface area (Å²) in [6.45, 7) is 0.165. The fourth-order valence-electron chi connectivity index (χ4n) is 1.92. The summed E-state index contributed by atoms with van der Waals surface area (Å²) in [5.41, 5.74) is 1.14. The Bertz CT molecular complexity index is 552. The molecule has 1 aliphatic heterocycles. The number of hydrogen-bond acceptors (Lipinski definition) is 3. The standard InChI is InChI=1S/C14H12O2S/c15-9-8-10-4-3-6-12-14(10)17-13-7-2-1-5-11(13)16-12/h1-7,15H,8-9H2. The maximum atomic E-state index is 9.07. The highest BCUT2D eigenvalue weighted by molar-refractivity contribution is 7.99. The largest absolute Gasteiger partial charge is 0.455 e. The molecule has 1 heterocycles. The minimum atomic E-state index is 0.165. The van der Waals surface area contributed by atoms with E-state index in [0.29, 0.717) is 6.42 Å². The van der Waals surface area contributed by atoms with Gasteiger partial charge in [-0.3, -0.25) is 0 Å². The number of ether oxygens (including phenoxy) is 1. The summed E-state index contributed by atoms with van der Waals surface area (Å²) >= 11 is 1.71. The Labute approximate surface area is 104 Å². The van der Waals surface area contributed by atoms with E-state index in [-0.39, 0.29) is 6.61 Å². The van der Waals surface area contributed by atoms with E-state index in [1.54, 1.807) is 11.8 Å². The summed E-state index contributed by atoms with van der Waals surface area (Å²) in [6.07, 6.45) is 0.668. The third-order valence-electron chi connectivity index (χ3n) is 2.72. The van der Waals surface area contributed by atoms with Crippen molar-refractivity contribution in [2.24, 2.45) is 0 Å². The smallest absolute Gasteiger partial charge is 0.141 e. The SMILES string of the molecule is OCCc1cccc2c1Sc1ccccc1O2. The second-order valence-electron chi connectivity index (χ2n) is 3.87. The Hall–Kier alpha value is -1.45. The number of aliphatic hydroxyl groups is 1. The monoisotopic (exact) mass is 244 g/mol. The molecule has 17 heavy (non-hydrogen) atoms. The number of rotatable bonds is 2. The molecule has 0 fully saturated rings. The van der Waals surface area contributed by atoms with Crippen LogP contribution < -0.4 is 4.74 Å². The molecule has 0 atom stereocenters. The third-order valence-corrected chi connectivity index (χ3v) is 3.95. The Morgan fingerprint density at radius 1 is 1.00 bits per heavy atom. The second-order valence-corrected chi connectivity index (χ2v) is 4.92. The first-order valence-electron chi connectivity index (χ1n) is 5.56. The molecule has 1 aliphatic rings. The summed E-state index contributed by atoms with van der Waals surface area (Å²) in [5.74, 6) is 1.80. The Balaban J connectivity index is 2.05. The molecule has 1 N–H and O–H groups in total. The van der Waals surface area contributed by atoms with E-state index in [2.05, 4.69) is 6.07 Å². The van der Waals surface area contributed by atoms with Gasteiger partial charge >= 0.3 is 0 Å². The van der Waals surface area contributed by atoms with Gasteiger partial charge in [0.1, 0.15) is 11.5 Å².